The molecule has 2 aromatic carbocycles. The smallest absolute Gasteiger partial charge is 0.328 e. The van der Waals surface area contributed by atoms with Crippen LogP contribution in [0.15, 0.2) is 57.9 Å². The number of benzene rings is 2. The third kappa shape index (κ3) is 5.04. The summed E-state index contributed by atoms with van der Waals surface area (Å²) in [5, 5.41) is 0. The number of sulfonamides is 1. The van der Waals surface area contributed by atoms with Crippen molar-refractivity contribution in [1.29, 1.82) is 0 Å². The predicted molar refractivity (Wildman–Crippen MR) is 96.8 cm³/mol. The lowest BCUT2D eigenvalue weighted by Crippen LogP contribution is -2.34. The largest absolute Gasteiger partial charge is 0.494 e. The van der Waals surface area contributed by atoms with Crippen LogP contribution in [0.4, 0.5) is 0 Å². The molecule has 0 fully saturated rings. The van der Waals surface area contributed by atoms with Gasteiger partial charge in [-0.2, -0.15) is 4.72 Å². The number of carbonyl (C=O) groups excluding carboxylic acids is 1. The Balaban J connectivity index is 2.30. The molecule has 0 aliphatic heterocycles. The topological polar surface area (TPSA) is 81.7 Å². The monoisotopic (exact) mass is 427 g/mol. The lowest BCUT2D eigenvalue weighted by molar-refractivity contribution is -0.142. The maximum atomic E-state index is 12.6. The minimum atomic E-state index is -3.92. The van der Waals surface area contributed by atoms with Crippen molar-refractivity contribution < 1.29 is 22.7 Å². The molecule has 0 aliphatic carbocycles. The summed E-state index contributed by atoms with van der Waals surface area (Å²) < 4.78 is 38.4. The van der Waals surface area contributed by atoms with E-state index in [9.17, 15) is 13.2 Å². The van der Waals surface area contributed by atoms with E-state index in [-0.39, 0.29) is 4.90 Å². The summed E-state index contributed by atoms with van der Waals surface area (Å²) in [6.45, 7) is 2.32. The van der Waals surface area contributed by atoms with Gasteiger partial charge in [-0.25, -0.2) is 13.2 Å². The Hall–Kier alpha value is -1.90. The summed E-state index contributed by atoms with van der Waals surface area (Å²) in [6.07, 6.45) is 0. The van der Waals surface area contributed by atoms with Crippen LogP contribution in [0, 0.1) is 0 Å². The molecule has 0 saturated heterocycles. The molecule has 1 atom stereocenters. The van der Waals surface area contributed by atoms with Crippen molar-refractivity contribution in [3.63, 3.8) is 0 Å². The van der Waals surface area contributed by atoms with Crippen LogP contribution in [0.25, 0.3) is 0 Å². The molecule has 0 saturated carbocycles. The molecule has 0 aliphatic rings. The van der Waals surface area contributed by atoms with Gasteiger partial charge in [-0.05, 0) is 48.9 Å². The second-order valence-electron chi connectivity index (χ2n) is 5.03. The van der Waals surface area contributed by atoms with Crippen molar-refractivity contribution in [3.8, 4) is 5.75 Å². The molecular weight excluding hydrogens is 410 g/mol. The Morgan fingerprint density at radius 1 is 1.12 bits per heavy atom. The molecule has 134 valence electrons. The van der Waals surface area contributed by atoms with E-state index < -0.39 is 22.0 Å². The highest BCUT2D eigenvalue weighted by atomic mass is 79.9. The zero-order chi connectivity index (χ0) is 18.4. The number of methoxy groups -OCH3 is 1. The van der Waals surface area contributed by atoms with E-state index in [1.165, 1.54) is 19.2 Å². The zero-order valence-corrected chi connectivity index (χ0v) is 16.1. The summed E-state index contributed by atoms with van der Waals surface area (Å²) in [5.41, 5.74) is 0.476. The van der Waals surface area contributed by atoms with E-state index in [0.717, 1.165) is 4.47 Å². The van der Waals surface area contributed by atoms with E-state index >= 15 is 0 Å². The Bertz CT molecular complexity index is 819. The van der Waals surface area contributed by atoms with E-state index in [2.05, 4.69) is 20.7 Å². The van der Waals surface area contributed by atoms with E-state index in [0.29, 0.717) is 17.9 Å². The van der Waals surface area contributed by atoms with E-state index in [1.54, 1.807) is 36.4 Å². The molecule has 1 N–H and O–H groups in total. The first kappa shape index (κ1) is 19.4. The summed E-state index contributed by atoms with van der Waals surface area (Å²) in [6, 6.07) is 11.5. The van der Waals surface area contributed by atoms with Crippen LogP contribution in [0.1, 0.15) is 18.5 Å². The molecule has 0 heterocycles. The Kier molecular flexibility index (Phi) is 6.57. The van der Waals surface area contributed by atoms with Gasteiger partial charge in [-0.15, -0.1) is 0 Å². The van der Waals surface area contributed by atoms with Gasteiger partial charge < -0.3 is 9.47 Å². The number of hydrogen-bond acceptors (Lipinski definition) is 5. The van der Waals surface area contributed by atoms with Crippen LogP contribution in [-0.2, 0) is 19.6 Å². The highest BCUT2D eigenvalue weighted by molar-refractivity contribution is 9.10. The van der Waals surface area contributed by atoms with Crippen LogP contribution in [0.5, 0.6) is 5.75 Å². The molecular formula is C17H18BrNO5S. The standard InChI is InChI=1S/C17H18BrNO5S/c1-3-24-14-8-10-15(11-9-14)25(21,22)19-16(17(20)23-2)12-4-6-13(18)7-5-12/h4-11,16,19H,3H2,1-2H3/t16-/m0/s1. The fourth-order valence-electron chi connectivity index (χ4n) is 2.13. The SMILES string of the molecule is CCOc1ccc(S(=O)(=O)N[C@H](C(=O)OC)c2ccc(Br)cc2)cc1. The third-order valence-electron chi connectivity index (χ3n) is 3.36. The molecule has 0 bridgehead atoms. The molecule has 2 rings (SSSR count). The molecule has 25 heavy (non-hydrogen) atoms. The van der Waals surface area contributed by atoms with Crippen molar-refractivity contribution in [2.24, 2.45) is 0 Å². The van der Waals surface area contributed by atoms with Crippen LogP contribution in [0.3, 0.4) is 0 Å². The number of ether oxygens (including phenoxy) is 2. The zero-order valence-electron chi connectivity index (χ0n) is 13.7. The minimum absolute atomic E-state index is 0.0296. The minimum Gasteiger partial charge on any atom is -0.494 e. The van der Waals surface area contributed by atoms with Crippen molar-refractivity contribution in [2.75, 3.05) is 13.7 Å². The first-order valence-corrected chi connectivity index (χ1v) is 9.73. The second kappa shape index (κ2) is 8.46. The van der Waals surface area contributed by atoms with Crippen molar-refractivity contribution in [3.05, 3.63) is 58.6 Å². The number of carbonyl (C=O) groups is 1. The summed E-state index contributed by atoms with van der Waals surface area (Å²) in [5.74, 6) is -0.129. The molecule has 2 aromatic rings. The van der Waals surface area contributed by atoms with Gasteiger partial charge in [0.1, 0.15) is 11.8 Å². The molecule has 0 amide bonds. The predicted octanol–water partition coefficient (Wildman–Crippen LogP) is 3.04. The quantitative estimate of drug-likeness (QED) is 0.686. The first-order valence-electron chi connectivity index (χ1n) is 7.46. The van der Waals surface area contributed by atoms with Gasteiger partial charge in [0.05, 0.1) is 18.6 Å². The molecule has 8 heteroatoms. The van der Waals surface area contributed by atoms with Gasteiger partial charge in [0, 0.05) is 4.47 Å². The third-order valence-corrected chi connectivity index (χ3v) is 5.33. The maximum Gasteiger partial charge on any atom is 0.328 e. The van der Waals surface area contributed by atoms with Crippen LogP contribution >= 0.6 is 15.9 Å². The Morgan fingerprint density at radius 2 is 1.72 bits per heavy atom. The molecule has 0 radical (unpaired) electrons. The van der Waals surface area contributed by atoms with Crippen molar-refractivity contribution in [1.82, 2.24) is 4.72 Å². The molecule has 0 aromatic heterocycles. The van der Waals surface area contributed by atoms with Gasteiger partial charge in [0.2, 0.25) is 10.0 Å². The van der Waals surface area contributed by atoms with Crippen LogP contribution < -0.4 is 9.46 Å². The number of hydrogen-bond donors (Lipinski definition) is 1. The lowest BCUT2D eigenvalue weighted by atomic mass is 10.1. The number of nitrogens with one attached hydrogen (secondary N) is 1. The number of halogens is 1. The van der Waals surface area contributed by atoms with Crippen molar-refractivity contribution in [2.45, 2.75) is 17.9 Å². The summed E-state index contributed by atoms with van der Waals surface area (Å²) in [7, 11) is -2.71. The summed E-state index contributed by atoms with van der Waals surface area (Å²) in [4.78, 5) is 12.1. The van der Waals surface area contributed by atoms with E-state index in [1.807, 2.05) is 6.92 Å². The van der Waals surface area contributed by atoms with Gasteiger partial charge in [0.25, 0.3) is 0 Å². The second-order valence-corrected chi connectivity index (χ2v) is 7.66. The fraction of sp³-hybridized carbons (Fsp3) is 0.235. The van der Waals surface area contributed by atoms with Gasteiger partial charge in [0.15, 0.2) is 0 Å². The number of esters is 1. The lowest BCUT2D eigenvalue weighted by Gasteiger charge is -2.17. The Labute approximate surface area is 155 Å². The average Bonchev–Trinajstić information content (AvgIpc) is 2.61. The maximum absolute atomic E-state index is 12.6. The molecule has 0 unspecified atom stereocenters. The molecule has 6 nitrogen and oxygen atoms in total. The normalized spacial score (nSPS) is 12.4. The van der Waals surface area contributed by atoms with Gasteiger partial charge in [-0.3, -0.25) is 0 Å². The highest BCUT2D eigenvalue weighted by Gasteiger charge is 2.28. The molecule has 0 spiro atoms. The Morgan fingerprint density at radius 3 is 2.24 bits per heavy atom. The van der Waals surface area contributed by atoms with Crippen LogP contribution in [0.2, 0.25) is 0 Å². The summed E-state index contributed by atoms with van der Waals surface area (Å²) >= 11 is 3.30. The fourth-order valence-corrected chi connectivity index (χ4v) is 3.57. The number of rotatable bonds is 7. The highest BCUT2D eigenvalue weighted by Crippen LogP contribution is 2.22. The van der Waals surface area contributed by atoms with Crippen molar-refractivity contribution >= 4 is 31.9 Å². The van der Waals surface area contributed by atoms with Gasteiger partial charge >= 0.3 is 5.97 Å². The van der Waals surface area contributed by atoms with Gasteiger partial charge in [-0.1, -0.05) is 28.1 Å². The first-order chi connectivity index (χ1) is 11.9. The van der Waals surface area contributed by atoms with E-state index in [4.69, 9.17) is 9.47 Å². The van der Waals surface area contributed by atoms with Crippen LogP contribution in [-0.4, -0.2) is 28.1 Å². The average molecular weight is 428 g/mol.